The third-order valence-corrected chi connectivity index (χ3v) is 3.67. The molecule has 0 saturated carbocycles. The van der Waals surface area contributed by atoms with Crippen LogP contribution in [0.3, 0.4) is 0 Å². The van der Waals surface area contributed by atoms with Crippen molar-refractivity contribution in [1.82, 2.24) is 10.6 Å². The number of guanidine groups is 1. The van der Waals surface area contributed by atoms with E-state index in [9.17, 15) is 0 Å². The molecular weight excluding hydrogens is 310 g/mol. The van der Waals surface area contributed by atoms with E-state index in [1.807, 2.05) is 18.2 Å². The molecule has 2 aromatic rings. The van der Waals surface area contributed by atoms with Gasteiger partial charge in [-0.3, -0.25) is 0 Å². The molecule has 4 nitrogen and oxygen atoms in total. The van der Waals surface area contributed by atoms with Crippen molar-refractivity contribution >= 4 is 5.96 Å². The molecule has 0 heterocycles. The zero-order chi connectivity index (χ0) is 17.9. The van der Waals surface area contributed by atoms with Crippen molar-refractivity contribution in [3.63, 3.8) is 0 Å². The quantitative estimate of drug-likeness (QED) is 0.567. The molecule has 0 radical (unpaired) electrons. The summed E-state index contributed by atoms with van der Waals surface area (Å²) in [5.74, 6) is 0.832. The first kappa shape index (κ1) is 19.0. The Balaban J connectivity index is 1.87. The molecule has 0 aliphatic heterocycles. The summed E-state index contributed by atoms with van der Waals surface area (Å²) in [6.45, 7) is 9.08. The highest BCUT2D eigenvalue weighted by atomic mass is 16.5. The van der Waals surface area contributed by atoms with E-state index in [4.69, 9.17) is 4.74 Å². The second-order valence-electron chi connectivity index (χ2n) is 6.21. The predicted molar refractivity (Wildman–Crippen MR) is 104 cm³/mol. The van der Waals surface area contributed by atoms with E-state index in [0.717, 1.165) is 19.0 Å². The van der Waals surface area contributed by atoms with Gasteiger partial charge in [-0.05, 0) is 37.5 Å². The number of rotatable bonds is 8. The van der Waals surface area contributed by atoms with Crippen LogP contribution in [0.2, 0.25) is 0 Å². The molecule has 2 rings (SSSR count). The third kappa shape index (κ3) is 7.40. The van der Waals surface area contributed by atoms with Gasteiger partial charge in [0.1, 0.15) is 0 Å². The minimum Gasteiger partial charge on any atom is -0.374 e. The standard InChI is InChI=1S/C21H29N3O/c1-4-22-21(23-14-18-8-6-5-7-9-18)24-15-19-10-12-20(13-11-19)16-25-17(2)3/h5-13,17H,4,14-16H2,1-3H3,(H2,22,23,24). The summed E-state index contributed by atoms with van der Waals surface area (Å²) < 4.78 is 5.63. The topological polar surface area (TPSA) is 45.7 Å². The molecule has 0 aliphatic carbocycles. The number of nitrogens with one attached hydrogen (secondary N) is 2. The smallest absolute Gasteiger partial charge is 0.191 e. The predicted octanol–water partition coefficient (Wildman–Crippen LogP) is 3.87. The van der Waals surface area contributed by atoms with Crippen LogP contribution in [0, 0.1) is 0 Å². The van der Waals surface area contributed by atoms with Crippen molar-refractivity contribution in [3.05, 3.63) is 71.3 Å². The van der Waals surface area contributed by atoms with Gasteiger partial charge in [0.25, 0.3) is 0 Å². The van der Waals surface area contributed by atoms with Gasteiger partial charge in [-0.15, -0.1) is 0 Å². The van der Waals surface area contributed by atoms with Crippen LogP contribution in [0.4, 0.5) is 0 Å². The Bertz CT molecular complexity index is 636. The number of hydrogen-bond acceptors (Lipinski definition) is 2. The molecule has 0 unspecified atom stereocenters. The van der Waals surface area contributed by atoms with Crippen molar-refractivity contribution in [2.45, 2.75) is 46.6 Å². The fourth-order valence-electron chi connectivity index (χ4n) is 2.30. The lowest BCUT2D eigenvalue weighted by molar-refractivity contribution is 0.0657. The van der Waals surface area contributed by atoms with Crippen LogP contribution < -0.4 is 10.6 Å². The van der Waals surface area contributed by atoms with Crippen molar-refractivity contribution in [2.75, 3.05) is 6.54 Å². The molecular formula is C21H29N3O. The minimum atomic E-state index is 0.254. The Morgan fingerprint density at radius 3 is 2.24 bits per heavy atom. The van der Waals surface area contributed by atoms with E-state index in [1.165, 1.54) is 16.7 Å². The maximum absolute atomic E-state index is 5.63. The lowest BCUT2D eigenvalue weighted by Gasteiger charge is -2.12. The average Bonchev–Trinajstić information content (AvgIpc) is 2.64. The van der Waals surface area contributed by atoms with E-state index >= 15 is 0 Å². The van der Waals surface area contributed by atoms with Gasteiger partial charge in [-0.2, -0.15) is 0 Å². The van der Waals surface area contributed by atoms with Crippen molar-refractivity contribution < 1.29 is 4.74 Å². The fourth-order valence-corrected chi connectivity index (χ4v) is 2.30. The second-order valence-corrected chi connectivity index (χ2v) is 6.21. The van der Waals surface area contributed by atoms with Gasteiger partial charge in [0.15, 0.2) is 5.96 Å². The van der Waals surface area contributed by atoms with Gasteiger partial charge in [0.05, 0.1) is 19.3 Å². The fraction of sp³-hybridized carbons (Fsp3) is 0.381. The molecule has 0 atom stereocenters. The highest BCUT2D eigenvalue weighted by Gasteiger charge is 2.00. The van der Waals surface area contributed by atoms with Crippen LogP contribution in [0.5, 0.6) is 0 Å². The molecule has 0 fully saturated rings. The van der Waals surface area contributed by atoms with Gasteiger partial charge in [-0.25, -0.2) is 4.99 Å². The lowest BCUT2D eigenvalue weighted by Crippen LogP contribution is -2.36. The Morgan fingerprint density at radius 1 is 0.920 bits per heavy atom. The second kappa shape index (κ2) is 10.5. The van der Waals surface area contributed by atoms with Crippen LogP contribution in [0.15, 0.2) is 59.6 Å². The maximum atomic E-state index is 5.63. The van der Waals surface area contributed by atoms with Crippen molar-refractivity contribution in [3.8, 4) is 0 Å². The molecule has 0 aromatic heterocycles. The number of benzene rings is 2. The van der Waals surface area contributed by atoms with E-state index in [1.54, 1.807) is 0 Å². The number of ether oxygens (including phenoxy) is 1. The molecule has 25 heavy (non-hydrogen) atoms. The summed E-state index contributed by atoms with van der Waals surface area (Å²) in [6.07, 6.45) is 0.254. The van der Waals surface area contributed by atoms with Crippen LogP contribution in [0.1, 0.15) is 37.5 Å². The average molecular weight is 339 g/mol. The molecule has 2 N–H and O–H groups in total. The number of aliphatic imine (C=N–C) groups is 1. The Hall–Kier alpha value is -2.33. The molecule has 134 valence electrons. The Labute approximate surface area is 151 Å². The molecule has 0 amide bonds. The summed E-state index contributed by atoms with van der Waals surface area (Å²) in [6, 6.07) is 18.8. The molecule has 0 spiro atoms. The molecule has 2 aromatic carbocycles. The zero-order valence-electron chi connectivity index (χ0n) is 15.5. The Kier molecular flexibility index (Phi) is 7.99. The number of hydrogen-bond donors (Lipinski definition) is 2. The van der Waals surface area contributed by atoms with Crippen LogP contribution in [-0.4, -0.2) is 18.6 Å². The summed E-state index contributed by atoms with van der Waals surface area (Å²) in [7, 11) is 0. The van der Waals surface area contributed by atoms with E-state index < -0.39 is 0 Å². The first-order valence-corrected chi connectivity index (χ1v) is 8.93. The van der Waals surface area contributed by atoms with Gasteiger partial charge >= 0.3 is 0 Å². The summed E-state index contributed by atoms with van der Waals surface area (Å²) in [5, 5.41) is 6.67. The van der Waals surface area contributed by atoms with Crippen molar-refractivity contribution in [2.24, 2.45) is 4.99 Å². The van der Waals surface area contributed by atoms with E-state index in [0.29, 0.717) is 13.2 Å². The van der Waals surface area contributed by atoms with Crippen LogP contribution >= 0.6 is 0 Å². The molecule has 0 bridgehead atoms. The third-order valence-electron chi connectivity index (χ3n) is 3.67. The lowest BCUT2D eigenvalue weighted by atomic mass is 10.1. The highest BCUT2D eigenvalue weighted by molar-refractivity contribution is 5.79. The van der Waals surface area contributed by atoms with E-state index in [-0.39, 0.29) is 6.10 Å². The minimum absolute atomic E-state index is 0.254. The van der Waals surface area contributed by atoms with Crippen LogP contribution in [0.25, 0.3) is 0 Å². The van der Waals surface area contributed by atoms with Gasteiger partial charge in [0.2, 0.25) is 0 Å². The first-order chi connectivity index (χ1) is 12.2. The summed E-state index contributed by atoms with van der Waals surface area (Å²) in [4.78, 5) is 4.64. The zero-order valence-corrected chi connectivity index (χ0v) is 15.5. The van der Waals surface area contributed by atoms with Crippen molar-refractivity contribution in [1.29, 1.82) is 0 Å². The summed E-state index contributed by atoms with van der Waals surface area (Å²) >= 11 is 0. The largest absolute Gasteiger partial charge is 0.374 e. The maximum Gasteiger partial charge on any atom is 0.191 e. The van der Waals surface area contributed by atoms with Crippen LogP contribution in [-0.2, 0) is 24.4 Å². The van der Waals surface area contributed by atoms with E-state index in [2.05, 4.69) is 72.8 Å². The Morgan fingerprint density at radius 2 is 1.60 bits per heavy atom. The monoisotopic (exact) mass is 339 g/mol. The van der Waals surface area contributed by atoms with Gasteiger partial charge in [-0.1, -0.05) is 54.6 Å². The molecule has 0 saturated heterocycles. The molecule has 0 aliphatic rings. The highest BCUT2D eigenvalue weighted by Crippen LogP contribution is 2.07. The molecule has 4 heteroatoms. The summed E-state index contributed by atoms with van der Waals surface area (Å²) in [5.41, 5.74) is 3.62. The first-order valence-electron chi connectivity index (χ1n) is 8.93. The normalized spacial score (nSPS) is 11.6. The van der Waals surface area contributed by atoms with Gasteiger partial charge in [0, 0.05) is 13.1 Å². The van der Waals surface area contributed by atoms with Gasteiger partial charge < -0.3 is 15.4 Å². The SMILES string of the molecule is CCNC(=NCc1ccccc1)NCc1ccc(COC(C)C)cc1. The number of nitrogens with zero attached hydrogens (tertiary/aromatic N) is 1.